The van der Waals surface area contributed by atoms with E-state index >= 15 is 0 Å². The predicted octanol–water partition coefficient (Wildman–Crippen LogP) is 5.33. The summed E-state index contributed by atoms with van der Waals surface area (Å²) >= 11 is 0. The van der Waals surface area contributed by atoms with Crippen LogP contribution in [0.1, 0.15) is 44.2 Å². The Labute approximate surface area is 207 Å². The SMILES string of the molecule is COc1ccc(CCN(CCC(C)C)C2CCN(Cc3ccc(N(C)C)cc3)CC2)cc1OC. The summed E-state index contributed by atoms with van der Waals surface area (Å²) < 4.78 is 10.9. The third kappa shape index (κ3) is 7.64. The number of hydrogen-bond acceptors (Lipinski definition) is 5. The third-order valence-corrected chi connectivity index (χ3v) is 7.06. The van der Waals surface area contributed by atoms with Crippen LogP contribution in [0.3, 0.4) is 0 Å². The molecule has 0 radical (unpaired) electrons. The topological polar surface area (TPSA) is 28.2 Å². The van der Waals surface area contributed by atoms with Crippen LogP contribution in [0.15, 0.2) is 42.5 Å². The highest BCUT2D eigenvalue weighted by Crippen LogP contribution is 2.28. The van der Waals surface area contributed by atoms with Crippen LogP contribution in [0, 0.1) is 5.92 Å². The molecule has 0 atom stereocenters. The standard InChI is InChI=1S/C29H45N3O2/c1-23(2)13-19-32(20-14-24-9-12-28(33-5)29(21-24)34-6)27-15-17-31(18-16-27)22-25-7-10-26(11-8-25)30(3)4/h7-12,21,23,27H,13-20,22H2,1-6H3. The molecule has 1 aliphatic rings. The van der Waals surface area contributed by atoms with Gasteiger partial charge in [-0.05, 0) is 86.6 Å². The van der Waals surface area contributed by atoms with Crippen molar-refractivity contribution in [3.05, 3.63) is 53.6 Å². The second kappa shape index (κ2) is 13.0. The molecule has 1 saturated heterocycles. The maximum atomic E-state index is 5.51. The van der Waals surface area contributed by atoms with Gasteiger partial charge in [-0.15, -0.1) is 0 Å². The fourth-order valence-electron chi connectivity index (χ4n) is 4.81. The quantitative estimate of drug-likeness (QED) is 0.421. The summed E-state index contributed by atoms with van der Waals surface area (Å²) in [5, 5.41) is 0. The molecule has 5 heteroatoms. The normalized spacial score (nSPS) is 15.2. The molecule has 1 fully saturated rings. The van der Waals surface area contributed by atoms with Crippen molar-refractivity contribution in [3.8, 4) is 11.5 Å². The van der Waals surface area contributed by atoms with E-state index in [1.807, 2.05) is 6.07 Å². The first-order valence-corrected chi connectivity index (χ1v) is 12.8. The summed E-state index contributed by atoms with van der Waals surface area (Å²) in [5.74, 6) is 2.35. The van der Waals surface area contributed by atoms with Gasteiger partial charge in [-0.3, -0.25) is 9.80 Å². The summed E-state index contributed by atoms with van der Waals surface area (Å²) in [6.07, 6.45) is 4.79. The fraction of sp³-hybridized carbons (Fsp3) is 0.586. The highest BCUT2D eigenvalue weighted by Gasteiger charge is 2.24. The zero-order valence-corrected chi connectivity index (χ0v) is 22.2. The number of piperidine rings is 1. The molecule has 1 heterocycles. The van der Waals surface area contributed by atoms with Gasteiger partial charge in [-0.25, -0.2) is 0 Å². The average Bonchev–Trinajstić information content (AvgIpc) is 2.84. The van der Waals surface area contributed by atoms with Crippen molar-refractivity contribution < 1.29 is 9.47 Å². The first-order chi connectivity index (χ1) is 16.4. The smallest absolute Gasteiger partial charge is 0.160 e. The first-order valence-electron chi connectivity index (χ1n) is 12.8. The Bertz CT molecular complexity index is 858. The molecule has 1 aliphatic heterocycles. The summed E-state index contributed by atoms with van der Waals surface area (Å²) in [6.45, 7) is 10.3. The summed E-state index contributed by atoms with van der Waals surface area (Å²) in [7, 11) is 7.59. The molecule has 0 bridgehead atoms. The summed E-state index contributed by atoms with van der Waals surface area (Å²) in [6, 6.07) is 16.0. The largest absolute Gasteiger partial charge is 0.493 e. The second-order valence-corrected chi connectivity index (χ2v) is 10.2. The van der Waals surface area contributed by atoms with Crippen LogP contribution in [0.4, 0.5) is 5.69 Å². The molecule has 0 N–H and O–H groups in total. The van der Waals surface area contributed by atoms with Crippen LogP contribution >= 0.6 is 0 Å². The van der Waals surface area contributed by atoms with E-state index in [4.69, 9.17) is 9.47 Å². The molecular formula is C29H45N3O2. The Balaban J connectivity index is 1.55. The third-order valence-electron chi connectivity index (χ3n) is 7.06. The van der Waals surface area contributed by atoms with Gasteiger partial charge in [0.05, 0.1) is 14.2 Å². The lowest BCUT2D eigenvalue weighted by atomic mass is 10.00. The lowest BCUT2D eigenvalue weighted by molar-refractivity contribution is 0.101. The van der Waals surface area contributed by atoms with Crippen molar-refractivity contribution in [1.82, 2.24) is 9.80 Å². The van der Waals surface area contributed by atoms with Crippen molar-refractivity contribution in [1.29, 1.82) is 0 Å². The Kier molecular flexibility index (Phi) is 10.1. The van der Waals surface area contributed by atoms with E-state index in [0.717, 1.165) is 36.9 Å². The molecule has 0 unspecified atom stereocenters. The molecule has 0 aliphatic carbocycles. The summed E-state index contributed by atoms with van der Waals surface area (Å²) in [5.41, 5.74) is 3.98. The van der Waals surface area contributed by atoms with Gasteiger partial charge < -0.3 is 14.4 Å². The van der Waals surface area contributed by atoms with Gasteiger partial charge in [0.1, 0.15) is 0 Å². The number of nitrogens with zero attached hydrogens (tertiary/aromatic N) is 3. The minimum absolute atomic E-state index is 0.672. The molecule has 34 heavy (non-hydrogen) atoms. The van der Waals surface area contributed by atoms with Crippen molar-refractivity contribution in [2.24, 2.45) is 5.92 Å². The molecule has 2 aromatic rings. The molecular weight excluding hydrogens is 422 g/mol. The number of hydrogen-bond donors (Lipinski definition) is 0. The molecule has 2 aromatic carbocycles. The number of benzene rings is 2. The van der Waals surface area contributed by atoms with Gasteiger partial charge in [0.2, 0.25) is 0 Å². The molecule has 3 rings (SSSR count). The van der Waals surface area contributed by atoms with Gasteiger partial charge in [-0.2, -0.15) is 0 Å². The average molecular weight is 468 g/mol. The van der Waals surface area contributed by atoms with Gasteiger partial charge in [0.15, 0.2) is 11.5 Å². The molecule has 0 aromatic heterocycles. The molecule has 0 amide bonds. The van der Waals surface area contributed by atoms with E-state index in [1.165, 1.54) is 55.7 Å². The van der Waals surface area contributed by atoms with Gasteiger partial charge >= 0.3 is 0 Å². The number of anilines is 1. The van der Waals surface area contributed by atoms with E-state index < -0.39 is 0 Å². The summed E-state index contributed by atoms with van der Waals surface area (Å²) in [4.78, 5) is 7.53. The minimum atomic E-state index is 0.672. The molecule has 188 valence electrons. The number of ether oxygens (including phenoxy) is 2. The number of methoxy groups -OCH3 is 2. The van der Waals surface area contributed by atoms with E-state index in [9.17, 15) is 0 Å². The highest BCUT2D eigenvalue weighted by molar-refractivity contribution is 5.46. The molecule has 0 spiro atoms. The maximum absolute atomic E-state index is 5.51. The lowest BCUT2D eigenvalue weighted by Gasteiger charge is -2.39. The Morgan fingerprint density at radius 2 is 1.53 bits per heavy atom. The lowest BCUT2D eigenvalue weighted by Crippen LogP contribution is -2.45. The Morgan fingerprint density at radius 3 is 2.12 bits per heavy atom. The van der Waals surface area contributed by atoms with E-state index in [1.54, 1.807) is 14.2 Å². The van der Waals surface area contributed by atoms with Gasteiger partial charge in [0.25, 0.3) is 0 Å². The minimum Gasteiger partial charge on any atom is -0.493 e. The van der Waals surface area contributed by atoms with Crippen LogP contribution < -0.4 is 14.4 Å². The van der Waals surface area contributed by atoms with E-state index in [2.05, 4.69) is 79.0 Å². The zero-order chi connectivity index (χ0) is 24.5. The van der Waals surface area contributed by atoms with E-state index in [0.29, 0.717) is 6.04 Å². The Morgan fingerprint density at radius 1 is 0.882 bits per heavy atom. The highest BCUT2D eigenvalue weighted by atomic mass is 16.5. The van der Waals surface area contributed by atoms with Crippen molar-refractivity contribution in [2.45, 2.75) is 52.1 Å². The predicted molar refractivity (Wildman–Crippen MR) is 143 cm³/mol. The van der Waals surface area contributed by atoms with Crippen LogP contribution in [0.2, 0.25) is 0 Å². The van der Waals surface area contributed by atoms with Crippen molar-refractivity contribution >= 4 is 5.69 Å². The van der Waals surface area contributed by atoms with Crippen molar-refractivity contribution in [3.63, 3.8) is 0 Å². The van der Waals surface area contributed by atoms with Crippen LogP contribution in [0.5, 0.6) is 11.5 Å². The fourth-order valence-corrected chi connectivity index (χ4v) is 4.81. The van der Waals surface area contributed by atoms with Gasteiger partial charge in [-0.1, -0.05) is 32.0 Å². The Hall–Kier alpha value is -2.24. The second-order valence-electron chi connectivity index (χ2n) is 10.2. The first kappa shape index (κ1) is 26.4. The van der Waals surface area contributed by atoms with Crippen LogP contribution in [-0.2, 0) is 13.0 Å². The number of likely N-dealkylation sites (tertiary alicyclic amines) is 1. The molecule has 5 nitrogen and oxygen atoms in total. The zero-order valence-electron chi connectivity index (χ0n) is 22.2. The van der Waals surface area contributed by atoms with Crippen LogP contribution in [-0.4, -0.2) is 70.3 Å². The monoisotopic (exact) mass is 467 g/mol. The number of rotatable bonds is 12. The molecule has 0 saturated carbocycles. The van der Waals surface area contributed by atoms with Gasteiger partial charge in [0, 0.05) is 38.9 Å². The van der Waals surface area contributed by atoms with Crippen molar-refractivity contribution in [2.75, 3.05) is 59.4 Å². The maximum Gasteiger partial charge on any atom is 0.160 e. The van der Waals surface area contributed by atoms with Crippen LogP contribution in [0.25, 0.3) is 0 Å². The van der Waals surface area contributed by atoms with E-state index in [-0.39, 0.29) is 0 Å².